The molecule has 2 rings (SSSR count). The second kappa shape index (κ2) is 6.36. The molecule has 1 aliphatic heterocycles. The van der Waals surface area contributed by atoms with Crippen LogP contribution in [0, 0.1) is 0 Å². The highest BCUT2D eigenvalue weighted by molar-refractivity contribution is 7.91. The Morgan fingerprint density at radius 3 is 2.52 bits per heavy atom. The van der Waals surface area contributed by atoms with Gasteiger partial charge in [0.2, 0.25) is 0 Å². The van der Waals surface area contributed by atoms with Crippen molar-refractivity contribution in [1.29, 1.82) is 0 Å². The van der Waals surface area contributed by atoms with Crippen molar-refractivity contribution in [2.75, 3.05) is 18.6 Å². The third-order valence-electron chi connectivity index (χ3n) is 4.12. The van der Waals surface area contributed by atoms with Crippen LogP contribution in [-0.2, 0) is 16.3 Å². The number of hydrogen-bond donors (Lipinski definition) is 1. The normalized spacial score (nSPS) is 25.7. The molecule has 1 heterocycles. The molecular weight excluding hydrogens is 286 g/mol. The summed E-state index contributed by atoms with van der Waals surface area (Å²) in [4.78, 5) is 0. The Morgan fingerprint density at radius 2 is 2.00 bits per heavy atom. The van der Waals surface area contributed by atoms with Crippen molar-refractivity contribution in [2.24, 2.45) is 0 Å². The summed E-state index contributed by atoms with van der Waals surface area (Å²) in [6.45, 7) is 4.14. The Labute approximate surface area is 127 Å². The van der Waals surface area contributed by atoms with Gasteiger partial charge in [-0.3, -0.25) is 0 Å². The number of ether oxygens (including phenoxy) is 1. The van der Waals surface area contributed by atoms with Crippen LogP contribution < -0.4 is 10.1 Å². The molecule has 0 aliphatic carbocycles. The van der Waals surface area contributed by atoms with Gasteiger partial charge in [-0.25, -0.2) is 8.42 Å². The van der Waals surface area contributed by atoms with E-state index in [-0.39, 0.29) is 11.3 Å². The van der Waals surface area contributed by atoms with Gasteiger partial charge in [0.1, 0.15) is 5.75 Å². The first-order chi connectivity index (χ1) is 9.82. The van der Waals surface area contributed by atoms with Crippen molar-refractivity contribution in [2.45, 2.75) is 44.7 Å². The van der Waals surface area contributed by atoms with Gasteiger partial charge in [0, 0.05) is 11.6 Å². The summed E-state index contributed by atoms with van der Waals surface area (Å²) in [5, 5.41) is 3.50. The Kier molecular flexibility index (Phi) is 4.94. The molecule has 1 aromatic carbocycles. The Bertz CT molecular complexity index is 568. The molecule has 2 atom stereocenters. The highest BCUT2D eigenvalue weighted by atomic mass is 32.2. The topological polar surface area (TPSA) is 55.4 Å². The van der Waals surface area contributed by atoms with Crippen molar-refractivity contribution in [1.82, 2.24) is 5.32 Å². The lowest BCUT2D eigenvalue weighted by molar-refractivity contribution is 0.340. The zero-order valence-electron chi connectivity index (χ0n) is 13.1. The highest BCUT2D eigenvalue weighted by Gasteiger charge is 2.38. The van der Waals surface area contributed by atoms with Crippen LogP contribution in [0.25, 0.3) is 0 Å². The van der Waals surface area contributed by atoms with Crippen LogP contribution in [0.5, 0.6) is 5.75 Å². The van der Waals surface area contributed by atoms with Gasteiger partial charge in [-0.05, 0) is 50.8 Å². The molecule has 0 aromatic heterocycles. The molecule has 0 radical (unpaired) electrons. The van der Waals surface area contributed by atoms with E-state index in [0.29, 0.717) is 18.2 Å². The molecule has 118 valence electrons. The predicted octanol–water partition coefficient (Wildman–Crippen LogP) is 2.18. The van der Waals surface area contributed by atoms with Gasteiger partial charge in [-0.1, -0.05) is 12.1 Å². The van der Waals surface area contributed by atoms with Gasteiger partial charge >= 0.3 is 0 Å². The molecule has 0 spiro atoms. The maximum atomic E-state index is 11.6. The second-order valence-electron chi connectivity index (χ2n) is 6.33. The monoisotopic (exact) mass is 311 g/mol. The number of sulfone groups is 1. The maximum absolute atomic E-state index is 11.6. The van der Waals surface area contributed by atoms with Crippen LogP contribution in [0.3, 0.4) is 0 Å². The fraction of sp³-hybridized carbons (Fsp3) is 0.625. The molecule has 0 amide bonds. The predicted molar refractivity (Wildman–Crippen MR) is 85.6 cm³/mol. The van der Waals surface area contributed by atoms with Gasteiger partial charge in [0.15, 0.2) is 9.84 Å². The summed E-state index contributed by atoms with van der Waals surface area (Å²) >= 11 is 0. The van der Waals surface area contributed by atoms with Crippen LogP contribution in [0.2, 0.25) is 0 Å². The Morgan fingerprint density at radius 1 is 1.33 bits per heavy atom. The second-order valence-corrected chi connectivity index (χ2v) is 8.52. The SMILES string of the molecule is COc1ccc(CCC(C)NC2(C)CCS(=O)(=O)C2)cc1. The number of nitrogens with one attached hydrogen (secondary N) is 1. The van der Waals surface area contributed by atoms with E-state index in [4.69, 9.17) is 4.74 Å². The summed E-state index contributed by atoms with van der Waals surface area (Å²) in [6, 6.07) is 8.39. The van der Waals surface area contributed by atoms with Gasteiger partial charge in [-0.15, -0.1) is 0 Å². The maximum Gasteiger partial charge on any atom is 0.152 e. The number of benzene rings is 1. The zero-order valence-corrected chi connectivity index (χ0v) is 13.9. The Hall–Kier alpha value is -1.07. The number of hydrogen-bond acceptors (Lipinski definition) is 4. The van der Waals surface area contributed by atoms with Gasteiger partial charge in [0.05, 0.1) is 18.6 Å². The van der Waals surface area contributed by atoms with E-state index in [1.54, 1.807) is 7.11 Å². The van der Waals surface area contributed by atoms with Gasteiger partial charge in [-0.2, -0.15) is 0 Å². The highest BCUT2D eigenvalue weighted by Crippen LogP contribution is 2.24. The number of aryl methyl sites for hydroxylation is 1. The van der Waals surface area contributed by atoms with Crippen molar-refractivity contribution in [3.63, 3.8) is 0 Å². The molecule has 2 unspecified atom stereocenters. The van der Waals surface area contributed by atoms with E-state index in [1.807, 2.05) is 19.1 Å². The third-order valence-corrected chi connectivity index (χ3v) is 6.03. The molecular formula is C16H25NO3S. The average Bonchev–Trinajstić information content (AvgIpc) is 2.70. The van der Waals surface area contributed by atoms with Gasteiger partial charge < -0.3 is 10.1 Å². The van der Waals surface area contributed by atoms with E-state index >= 15 is 0 Å². The minimum Gasteiger partial charge on any atom is -0.497 e. The van der Waals surface area contributed by atoms with Crippen LogP contribution in [0.4, 0.5) is 0 Å². The molecule has 0 saturated carbocycles. The van der Waals surface area contributed by atoms with Crippen LogP contribution >= 0.6 is 0 Å². The van der Waals surface area contributed by atoms with E-state index in [2.05, 4.69) is 24.4 Å². The third kappa shape index (κ3) is 4.71. The zero-order chi connectivity index (χ0) is 15.5. The summed E-state index contributed by atoms with van der Waals surface area (Å²) in [5.74, 6) is 1.43. The minimum absolute atomic E-state index is 0.257. The van der Waals surface area contributed by atoms with Crippen molar-refractivity contribution < 1.29 is 13.2 Å². The first kappa shape index (κ1) is 16.3. The molecule has 4 nitrogen and oxygen atoms in total. The van der Waals surface area contributed by atoms with Crippen molar-refractivity contribution in [3.05, 3.63) is 29.8 Å². The van der Waals surface area contributed by atoms with Crippen LogP contribution in [0.15, 0.2) is 24.3 Å². The molecule has 1 N–H and O–H groups in total. The largest absolute Gasteiger partial charge is 0.497 e. The smallest absolute Gasteiger partial charge is 0.152 e. The fourth-order valence-electron chi connectivity index (χ4n) is 2.97. The minimum atomic E-state index is -2.85. The molecule has 1 saturated heterocycles. The summed E-state index contributed by atoms with van der Waals surface area (Å²) in [6.07, 6.45) is 2.67. The van der Waals surface area contributed by atoms with E-state index in [0.717, 1.165) is 18.6 Å². The molecule has 5 heteroatoms. The summed E-state index contributed by atoms with van der Waals surface area (Å²) in [7, 11) is -1.19. The standard InChI is InChI=1S/C16H25NO3S/c1-13(17-16(2)10-11-21(18,19)12-16)4-5-14-6-8-15(20-3)9-7-14/h6-9,13,17H,4-5,10-12H2,1-3H3. The Balaban J connectivity index is 1.83. The lowest BCUT2D eigenvalue weighted by Crippen LogP contribution is -2.48. The van der Waals surface area contributed by atoms with E-state index in [1.165, 1.54) is 5.56 Å². The number of methoxy groups -OCH3 is 1. The average molecular weight is 311 g/mol. The van der Waals surface area contributed by atoms with Crippen molar-refractivity contribution >= 4 is 9.84 Å². The first-order valence-corrected chi connectivity index (χ1v) is 9.25. The summed E-state index contributed by atoms with van der Waals surface area (Å²) < 4.78 is 28.4. The first-order valence-electron chi connectivity index (χ1n) is 7.43. The van der Waals surface area contributed by atoms with E-state index < -0.39 is 9.84 Å². The fourth-order valence-corrected chi connectivity index (χ4v) is 5.07. The molecule has 0 bridgehead atoms. The van der Waals surface area contributed by atoms with E-state index in [9.17, 15) is 8.42 Å². The van der Waals surface area contributed by atoms with Crippen LogP contribution in [0.1, 0.15) is 32.3 Å². The molecule has 21 heavy (non-hydrogen) atoms. The molecule has 1 aliphatic rings. The summed E-state index contributed by atoms with van der Waals surface area (Å²) in [5.41, 5.74) is 1.01. The lowest BCUT2D eigenvalue weighted by atomic mass is 9.98. The molecule has 1 fully saturated rings. The number of rotatable bonds is 6. The van der Waals surface area contributed by atoms with Crippen LogP contribution in [-0.4, -0.2) is 38.6 Å². The quantitative estimate of drug-likeness (QED) is 0.875. The van der Waals surface area contributed by atoms with Gasteiger partial charge in [0.25, 0.3) is 0 Å². The molecule has 1 aromatic rings. The lowest BCUT2D eigenvalue weighted by Gasteiger charge is -2.28. The van der Waals surface area contributed by atoms with Crippen molar-refractivity contribution in [3.8, 4) is 5.75 Å².